The van der Waals surface area contributed by atoms with Crippen LogP contribution in [0.25, 0.3) is 88.0 Å². The summed E-state index contributed by atoms with van der Waals surface area (Å²) in [5.74, 6) is 1.43. The molecule has 0 saturated heterocycles. The molecule has 10 heteroatoms. The molecule has 0 aliphatic heterocycles. The fourth-order valence-corrected chi connectivity index (χ4v) is 8.28. The third-order valence-electron chi connectivity index (χ3n) is 11.0. The first-order chi connectivity index (χ1) is 29.2. The van der Waals surface area contributed by atoms with Gasteiger partial charge >= 0.3 is 0 Å². The molecule has 0 amide bonds. The number of furan rings is 5. The predicted octanol–water partition coefficient (Wildman–Crippen LogP) is 14.0. The highest BCUT2D eigenvalue weighted by Gasteiger charge is 2.25. The first-order valence-corrected chi connectivity index (χ1v) is 19.2. The second kappa shape index (κ2) is 12.1. The van der Waals surface area contributed by atoms with E-state index in [1.807, 2.05) is 144 Å². The number of rotatable bonds is 6. The third-order valence-corrected chi connectivity index (χ3v) is 11.0. The topological polar surface area (TPSA) is 111 Å². The summed E-state index contributed by atoms with van der Waals surface area (Å²) in [5.41, 5.74) is 8.50. The van der Waals surface area contributed by atoms with Gasteiger partial charge in [0.25, 0.3) is 11.7 Å². The van der Waals surface area contributed by atoms with Gasteiger partial charge in [0.1, 0.15) is 39.1 Å². The summed E-state index contributed by atoms with van der Waals surface area (Å²) in [4.78, 5) is 8.87. The highest BCUT2D eigenvalue weighted by molar-refractivity contribution is 6.08. The van der Waals surface area contributed by atoms with Gasteiger partial charge in [0.2, 0.25) is 11.8 Å². The summed E-state index contributed by atoms with van der Waals surface area (Å²) in [6, 6.07) is 54.1. The monoisotopic (exact) mass is 765 g/mol. The summed E-state index contributed by atoms with van der Waals surface area (Å²) in [7, 11) is 0. The van der Waals surface area contributed by atoms with Gasteiger partial charge in [0.05, 0.1) is 22.4 Å². The Bertz CT molecular complexity index is 3480. The summed E-state index contributed by atoms with van der Waals surface area (Å²) in [6.07, 6.45) is 0. The fraction of sp³-hybridized carbons (Fsp3) is 0. The van der Waals surface area contributed by atoms with E-state index in [-0.39, 0.29) is 5.95 Å². The van der Waals surface area contributed by atoms with Crippen LogP contribution in [0.4, 0.5) is 34.8 Å². The first-order valence-electron chi connectivity index (χ1n) is 19.2. The molecular formula is C49H27N5O5. The largest absolute Gasteiger partial charge is 0.456 e. The molecule has 0 aliphatic rings. The normalized spacial score (nSPS) is 12.1. The first kappa shape index (κ1) is 31.8. The average molecular weight is 766 g/mol. The van der Waals surface area contributed by atoms with E-state index in [0.29, 0.717) is 28.6 Å². The Kier molecular flexibility index (Phi) is 6.50. The van der Waals surface area contributed by atoms with E-state index in [9.17, 15) is 0 Å². The van der Waals surface area contributed by atoms with Crippen LogP contribution >= 0.6 is 0 Å². The van der Waals surface area contributed by atoms with Crippen LogP contribution in [0.1, 0.15) is 0 Å². The van der Waals surface area contributed by atoms with Crippen molar-refractivity contribution in [2.75, 3.05) is 9.80 Å². The minimum Gasteiger partial charge on any atom is -0.456 e. The summed E-state index contributed by atoms with van der Waals surface area (Å²) in [5, 5.41) is 16.2. The van der Waals surface area contributed by atoms with Gasteiger partial charge in [-0.15, -0.1) is 10.2 Å². The van der Waals surface area contributed by atoms with E-state index in [0.717, 1.165) is 88.3 Å². The smallest absolute Gasteiger partial charge is 0.260 e. The summed E-state index contributed by atoms with van der Waals surface area (Å²) >= 11 is 0. The molecule has 0 fully saturated rings. The zero-order chi connectivity index (χ0) is 38.6. The van der Waals surface area contributed by atoms with Crippen LogP contribution in [0.2, 0.25) is 0 Å². The van der Waals surface area contributed by atoms with Gasteiger partial charge in [-0.1, -0.05) is 72.8 Å². The molecule has 0 saturated carbocycles. The zero-order valence-corrected chi connectivity index (χ0v) is 30.9. The van der Waals surface area contributed by atoms with Crippen molar-refractivity contribution < 1.29 is 22.1 Å². The van der Waals surface area contributed by atoms with Gasteiger partial charge in [-0.05, 0) is 60.7 Å². The standard InChI is InChI=1S/C49H27N5O5/c1-5-13-38-28(9-1)23-45(57-38)53(30-17-20-35-33-11-3-7-15-40(33)55-42(35)25-30)31-19-22-37-44(26-31)59-48-47(37)51-52-49(50-48)54(46-24-29-10-2-6-14-39(29)58-46)32-18-21-36-34-12-4-8-16-41(34)56-43(36)27-32/h1-27H. The highest BCUT2D eigenvalue weighted by atomic mass is 16.4. The Hall–Kier alpha value is -8.37. The van der Waals surface area contributed by atoms with Gasteiger partial charge in [-0.2, -0.15) is 4.98 Å². The molecule has 0 unspecified atom stereocenters. The van der Waals surface area contributed by atoms with E-state index >= 15 is 0 Å². The Morgan fingerprint density at radius 3 is 1.37 bits per heavy atom. The minimum absolute atomic E-state index is 0.273. The van der Waals surface area contributed by atoms with E-state index < -0.39 is 0 Å². The molecule has 0 aliphatic carbocycles. The molecule has 0 radical (unpaired) electrons. The van der Waals surface area contributed by atoms with Gasteiger partial charge in [0.15, 0.2) is 5.52 Å². The lowest BCUT2D eigenvalue weighted by Gasteiger charge is -2.22. The molecule has 0 spiro atoms. The number of aromatic nitrogens is 3. The van der Waals surface area contributed by atoms with Crippen LogP contribution in [0, 0.1) is 0 Å². The molecular weight excluding hydrogens is 739 g/mol. The van der Waals surface area contributed by atoms with Crippen LogP contribution in [-0.2, 0) is 0 Å². The third kappa shape index (κ3) is 4.90. The fourth-order valence-electron chi connectivity index (χ4n) is 8.28. The molecule has 13 aromatic rings. The zero-order valence-electron chi connectivity index (χ0n) is 30.9. The Morgan fingerprint density at radius 2 is 0.797 bits per heavy atom. The van der Waals surface area contributed by atoms with Crippen molar-refractivity contribution in [3.8, 4) is 0 Å². The predicted molar refractivity (Wildman–Crippen MR) is 231 cm³/mol. The van der Waals surface area contributed by atoms with Crippen molar-refractivity contribution in [2.24, 2.45) is 0 Å². The number of hydrogen-bond donors (Lipinski definition) is 0. The maximum atomic E-state index is 6.55. The van der Waals surface area contributed by atoms with Crippen LogP contribution in [0.5, 0.6) is 0 Å². The second-order valence-corrected chi connectivity index (χ2v) is 14.5. The molecule has 13 rings (SSSR count). The van der Waals surface area contributed by atoms with Gasteiger partial charge < -0.3 is 22.1 Å². The van der Waals surface area contributed by atoms with E-state index in [2.05, 4.69) is 34.3 Å². The SMILES string of the molecule is c1ccc2oc(N(c3ccc4c(c3)oc3ccccc34)c3ccc4c(c3)oc3nc(N(c5ccc6c(c5)oc5ccccc56)c5cc6ccccc6o5)nnc34)cc2c1. The van der Waals surface area contributed by atoms with Crippen molar-refractivity contribution in [1.82, 2.24) is 15.2 Å². The Balaban J connectivity index is 0.959. The van der Waals surface area contributed by atoms with Crippen LogP contribution < -0.4 is 9.80 Å². The van der Waals surface area contributed by atoms with Crippen LogP contribution in [-0.4, -0.2) is 15.2 Å². The molecule has 6 heterocycles. The number of fused-ring (bicyclic) bond motifs is 11. The summed E-state index contributed by atoms with van der Waals surface area (Å²) < 4.78 is 32.0. The highest BCUT2D eigenvalue weighted by Crippen LogP contribution is 2.43. The average Bonchev–Trinajstić information content (AvgIpc) is 4.10. The lowest BCUT2D eigenvalue weighted by Crippen LogP contribution is -2.13. The van der Waals surface area contributed by atoms with Crippen molar-refractivity contribution in [3.63, 3.8) is 0 Å². The minimum atomic E-state index is 0.273. The number of benzene rings is 7. The molecule has 59 heavy (non-hydrogen) atoms. The van der Waals surface area contributed by atoms with E-state index in [1.54, 1.807) is 0 Å². The molecule has 6 aromatic heterocycles. The lowest BCUT2D eigenvalue weighted by molar-refractivity contribution is 0.615. The maximum Gasteiger partial charge on any atom is 0.260 e. The number of anilines is 6. The molecule has 7 aromatic carbocycles. The van der Waals surface area contributed by atoms with Gasteiger partial charge in [0, 0.05) is 62.6 Å². The number of hydrogen-bond acceptors (Lipinski definition) is 10. The van der Waals surface area contributed by atoms with Crippen molar-refractivity contribution in [1.29, 1.82) is 0 Å². The molecule has 0 atom stereocenters. The maximum absolute atomic E-state index is 6.55. The molecule has 0 bridgehead atoms. The summed E-state index contributed by atoms with van der Waals surface area (Å²) in [6.45, 7) is 0. The second-order valence-electron chi connectivity index (χ2n) is 14.5. The van der Waals surface area contributed by atoms with Crippen LogP contribution in [0.15, 0.2) is 186 Å². The Labute approximate surface area is 332 Å². The molecule has 278 valence electrons. The number of para-hydroxylation sites is 4. The van der Waals surface area contributed by atoms with E-state index in [1.165, 1.54) is 0 Å². The van der Waals surface area contributed by atoms with Crippen molar-refractivity contribution in [3.05, 3.63) is 164 Å². The Morgan fingerprint density at radius 1 is 0.339 bits per heavy atom. The van der Waals surface area contributed by atoms with Crippen molar-refractivity contribution in [2.45, 2.75) is 0 Å². The van der Waals surface area contributed by atoms with Gasteiger partial charge in [-0.3, -0.25) is 4.90 Å². The van der Waals surface area contributed by atoms with E-state index in [4.69, 9.17) is 32.2 Å². The van der Waals surface area contributed by atoms with Crippen LogP contribution in [0.3, 0.4) is 0 Å². The number of nitrogens with zero attached hydrogens (tertiary/aromatic N) is 5. The van der Waals surface area contributed by atoms with Gasteiger partial charge in [-0.25, -0.2) is 4.90 Å². The quantitative estimate of drug-likeness (QED) is 0.162. The van der Waals surface area contributed by atoms with Crippen molar-refractivity contribution >= 4 is 123 Å². The molecule has 0 N–H and O–H groups in total. The molecule has 10 nitrogen and oxygen atoms in total. The lowest BCUT2D eigenvalue weighted by atomic mass is 10.1.